The predicted octanol–water partition coefficient (Wildman–Crippen LogP) is 0.0970. The molecule has 1 aromatic carbocycles. The van der Waals surface area contributed by atoms with Crippen LogP contribution in [0.25, 0.3) is 0 Å². The van der Waals surface area contributed by atoms with Gasteiger partial charge in [-0.1, -0.05) is 0 Å². The molecule has 1 unspecified atom stereocenters. The van der Waals surface area contributed by atoms with Crippen LogP contribution in [0.1, 0.15) is 33.2 Å². The number of hydrogen-bond donors (Lipinski definition) is 3. The van der Waals surface area contributed by atoms with Crippen LogP contribution in [0, 0.1) is 5.92 Å². The molecule has 126 valence electrons. The minimum absolute atomic E-state index is 0.0717. The lowest BCUT2D eigenvalue weighted by Crippen LogP contribution is -2.34. The van der Waals surface area contributed by atoms with Crippen molar-refractivity contribution in [1.82, 2.24) is 4.90 Å². The average molecular weight is 335 g/mol. The lowest BCUT2D eigenvalue weighted by atomic mass is 9.96. The number of amides is 2. The molecule has 2 aliphatic heterocycles. The molecule has 24 heavy (non-hydrogen) atoms. The van der Waals surface area contributed by atoms with Crippen LogP contribution in [0.15, 0.2) is 6.07 Å². The molecule has 2 atom stereocenters. The summed E-state index contributed by atoms with van der Waals surface area (Å²) in [6.07, 6.45) is -0.659. The van der Waals surface area contributed by atoms with Crippen molar-refractivity contribution in [2.45, 2.75) is 19.4 Å². The third kappa shape index (κ3) is 2.16. The number of nitrogens with zero attached hydrogens (tertiary/aromatic N) is 1. The molecule has 2 heterocycles. The first-order chi connectivity index (χ1) is 11.2. The Labute approximate surface area is 135 Å². The van der Waals surface area contributed by atoms with Crippen LogP contribution in [0.3, 0.4) is 0 Å². The summed E-state index contributed by atoms with van der Waals surface area (Å²) >= 11 is 0. The normalized spacial score (nSPS) is 19.7. The zero-order valence-corrected chi connectivity index (χ0v) is 12.5. The van der Waals surface area contributed by atoms with E-state index in [0.717, 1.165) is 0 Å². The fourth-order valence-electron chi connectivity index (χ4n) is 2.87. The number of carbonyl (C=O) groups excluding carboxylic acids is 2. The van der Waals surface area contributed by atoms with Crippen molar-refractivity contribution in [1.29, 1.82) is 0 Å². The Morgan fingerprint density at radius 2 is 2.00 bits per heavy atom. The van der Waals surface area contributed by atoms with Gasteiger partial charge in [0, 0.05) is 12.0 Å². The fourth-order valence-corrected chi connectivity index (χ4v) is 2.87. The van der Waals surface area contributed by atoms with Crippen molar-refractivity contribution < 1.29 is 39.2 Å². The number of phenolic OH excluding ortho intramolecular Hbond substituents is 1. The molecule has 9 nitrogen and oxygen atoms in total. The maximum atomic E-state index is 12.2. The summed E-state index contributed by atoms with van der Waals surface area (Å²) in [5.74, 6) is -5.35. The van der Waals surface area contributed by atoms with Gasteiger partial charge in [0.1, 0.15) is 24.1 Å². The fraction of sp³-hybridized carbons (Fsp3) is 0.333. The highest BCUT2D eigenvalue weighted by molar-refractivity contribution is 6.23. The van der Waals surface area contributed by atoms with Crippen molar-refractivity contribution in [3.63, 3.8) is 0 Å². The summed E-state index contributed by atoms with van der Waals surface area (Å²) in [4.78, 5) is 46.8. The number of carboxylic acids is 2. The zero-order valence-electron chi connectivity index (χ0n) is 12.5. The van der Waals surface area contributed by atoms with Crippen molar-refractivity contribution in [3.05, 3.63) is 22.8 Å². The largest absolute Gasteiger partial charge is 0.507 e. The smallest absolute Gasteiger partial charge is 0.323 e. The Morgan fingerprint density at radius 3 is 2.58 bits per heavy atom. The molecule has 0 bridgehead atoms. The van der Waals surface area contributed by atoms with Gasteiger partial charge in [-0.25, -0.2) is 0 Å². The van der Waals surface area contributed by atoms with Gasteiger partial charge in [-0.3, -0.25) is 24.1 Å². The topological polar surface area (TPSA) is 141 Å². The number of aromatic hydroxyl groups is 1. The monoisotopic (exact) mass is 335 g/mol. The minimum Gasteiger partial charge on any atom is -0.507 e. The van der Waals surface area contributed by atoms with E-state index in [1.165, 1.54) is 13.0 Å². The second kappa shape index (κ2) is 5.22. The molecular weight excluding hydrogens is 322 g/mol. The Hall–Kier alpha value is -3.10. The molecule has 0 radical (unpaired) electrons. The number of benzene rings is 1. The second-order valence-corrected chi connectivity index (χ2v) is 5.70. The Balaban J connectivity index is 2.00. The van der Waals surface area contributed by atoms with Crippen LogP contribution in [0.4, 0.5) is 0 Å². The van der Waals surface area contributed by atoms with Crippen molar-refractivity contribution in [2.24, 2.45) is 5.92 Å². The van der Waals surface area contributed by atoms with Crippen LogP contribution in [0.2, 0.25) is 0 Å². The van der Waals surface area contributed by atoms with Crippen LogP contribution >= 0.6 is 0 Å². The summed E-state index contributed by atoms with van der Waals surface area (Å²) < 4.78 is 5.50. The van der Waals surface area contributed by atoms with E-state index in [1.807, 2.05) is 0 Å². The molecule has 3 N–H and O–H groups in total. The van der Waals surface area contributed by atoms with Gasteiger partial charge in [-0.05, 0) is 13.0 Å². The first-order valence-corrected chi connectivity index (χ1v) is 7.08. The Morgan fingerprint density at radius 1 is 1.33 bits per heavy atom. The Bertz CT molecular complexity index is 799. The molecule has 9 heteroatoms. The van der Waals surface area contributed by atoms with Gasteiger partial charge in [0.05, 0.1) is 17.0 Å². The van der Waals surface area contributed by atoms with E-state index in [1.54, 1.807) is 0 Å². The highest BCUT2D eigenvalue weighted by atomic mass is 16.5. The van der Waals surface area contributed by atoms with Gasteiger partial charge in [-0.15, -0.1) is 0 Å². The maximum absolute atomic E-state index is 12.2. The molecule has 0 saturated heterocycles. The van der Waals surface area contributed by atoms with E-state index >= 15 is 0 Å². The number of rotatable bonds is 4. The summed E-state index contributed by atoms with van der Waals surface area (Å²) in [6, 6.07) is 1.25. The molecule has 2 aliphatic rings. The van der Waals surface area contributed by atoms with Crippen molar-refractivity contribution >= 4 is 23.8 Å². The van der Waals surface area contributed by atoms with Crippen LogP contribution in [0.5, 0.6) is 11.5 Å². The third-order valence-corrected chi connectivity index (χ3v) is 4.22. The number of imide groups is 1. The molecule has 0 aromatic heterocycles. The molecule has 0 aliphatic carbocycles. The Kier molecular flexibility index (Phi) is 3.43. The highest BCUT2D eigenvalue weighted by Crippen LogP contribution is 2.44. The molecule has 0 fully saturated rings. The summed E-state index contributed by atoms with van der Waals surface area (Å²) in [5, 5.41) is 28.2. The number of carboxylic acid groups (broad SMARTS) is 2. The van der Waals surface area contributed by atoms with Crippen LogP contribution < -0.4 is 4.74 Å². The molecule has 1 aromatic rings. The zero-order chi connectivity index (χ0) is 17.8. The van der Waals surface area contributed by atoms with Gasteiger partial charge >= 0.3 is 11.9 Å². The molecule has 0 spiro atoms. The highest BCUT2D eigenvalue weighted by Gasteiger charge is 2.43. The number of fused-ring (bicyclic) bond motifs is 2. The van der Waals surface area contributed by atoms with Gasteiger partial charge < -0.3 is 20.1 Å². The number of carbonyl (C=O) groups is 4. The molecule has 3 rings (SSSR count). The minimum atomic E-state index is -1.36. The molecule has 0 saturated carbocycles. The summed E-state index contributed by atoms with van der Waals surface area (Å²) in [7, 11) is 0. The lowest BCUT2D eigenvalue weighted by Gasteiger charge is -2.14. The number of aliphatic carboxylic acids is 2. The van der Waals surface area contributed by atoms with E-state index in [2.05, 4.69) is 0 Å². The van der Waals surface area contributed by atoms with Gasteiger partial charge in [0.25, 0.3) is 11.8 Å². The number of phenols is 1. The molecular formula is C15H13NO8. The molecule has 2 amide bonds. The quantitative estimate of drug-likeness (QED) is 0.658. The maximum Gasteiger partial charge on any atom is 0.323 e. The van der Waals surface area contributed by atoms with Crippen molar-refractivity contribution in [2.75, 3.05) is 6.54 Å². The average Bonchev–Trinajstić information content (AvgIpc) is 3.02. The second-order valence-electron chi connectivity index (χ2n) is 5.70. The van der Waals surface area contributed by atoms with Gasteiger partial charge in [0.2, 0.25) is 0 Å². The predicted molar refractivity (Wildman–Crippen MR) is 76.0 cm³/mol. The van der Waals surface area contributed by atoms with E-state index in [4.69, 9.17) is 14.9 Å². The van der Waals surface area contributed by atoms with E-state index in [0.29, 0.717) is 4.90 Å². The number of hydrogen-bond acceptors (Lipinski definition) is 6. The van der Waals surface area contributed by atoms with E-state index in [9.17, 15) is 24.3 Å². The standard InChI is InChI=1S/C15H13NO8/c1-5(15(22)23)8-2-6-9(24-8)3-7-11(12(6)19)14(21)16(13(7)20)4-10(17)18/h3,5,8,19H,2,4H2,1H3,(H,17,18)(H,22,23)/t5-,8?/m1/s1. The lowest BCUT2D eigenvalue weighted by molar-refractivity contribution is -0.144. The first-order valence-electron chi connectivity index (χ1n) is 7.08. The SMILES string of the molecule is C[C@@H](C(=O)O)C1Cc2c(cc3c(c2O)C(=O)N(CC(=O)O)C3=O)O1. The summed E-state index contributed by atoms with van der Waals surface area (Å²) in [5.41, 5.74) is -0.182. The van der Waals surface area contributed by atoms with Gasteiger partial charge in [-0.2, -0.15) is 0 Å². The van der Waals surface area contributed by atoms with E-state index < -0.39 is 48.1 Å². The van der Waals surface area contributed by atoms with E-state index in [-0.39, 0.29) is 28.9 Å². The third-order valence-electron chi connectivity index (χ3n) is 4.22. The van der Waals surface area contributed by atoms with Crippen LogP contribution in [-0.2, 0) is 16.0 Å². The summed E-state index contributed by atoms with van der Waals surface area (Å²) in [6.45, 7) is 0.643. The first kappa shape index (κ1) is 15.8. The van der Waals surface area contributed by atoms with Gasteiger partial charge in [0.15, 0.2) is 0 Å². The van der Waals surface area contributed by atoms with Crippen LogP contribution in [-0.4, -0.2) is 56.6 Å². The van der Waals surface area contributed by atoms with Crippen molar-refractivity contribution in [3.8, 4) is 11.5 Å². The number of ether oxygens (including phenoxy) is 1.